The highest BCUT2D eigenvalue weighted by Gasteiger charge is 2.24. The fraction of sp³-hybridized carbons (Fsp3) is 0.407. The van der Waals surface area contributed by atoms with E-state index in [1.165, 1.54) is 38.1 Å². The second kappa shape index (κ2) is 18.5. The maximum atomic E-state index is 13.2. The Morgan fingerprint density at radius 3 is 2.46 bits per heavy atom. The number of aliphatic hydroxyl groups is 1. The van der Waals surface area contributed by atoms with Gasteiger partial charge in [0.15, 0.2) is 0 Å². The third-order valence-electron chi connectivity index (χ3n) is 5.08. The van der Waals surface area contributed by atoms with Crippen LogP contribution in [0, 0.1) is 0 Å². The number of amides is 2. The standard InChI is InChI=1S/C24H32FN3O4.C3H7NO/c1-7-20(9-8-16(2)25)12-21(13-27-14-22(30)18(4)24(31)26-6)23-19(5)28(15-29)11-10-17(3)32-23;1-4-2-3-5/h7-9,13,15,17,30H,1,5,10-12,14H2,2-4,6H3,(H,26,31);3-4H,2H2,1H3/b16-8+,20-9+,22-18-,23-21+,27-13?;. The van der Waals surface area contributed by atoms with Crippen molar-refractivity contribution < 1.29 is 28.6 Å². The number of hydrogen-bond acceptors (Lipinski definition) is 7. The van der Waals surface area contributed by atoms with Crippen LogP contribution in [-0.2, 0) is 19.1 Å². The predicted molar refractivity (Wildman–Crippen MR) is 145 cm³/mol. The van der Waals surface area contributed by atoms with Crippen molar-refractivity contribution in [3.05, 3.63) is 71.1 Å². The van der Waals surface area contributed by atoms with E-state index in [2.05, 4.69) is 28.8 Å². The van der Waals surface area contributed by atoms with Gasteiger partial charge in [0, 0.05) is 38.2 Å². The van der Waals surface area contributed by atoms with Crippen LogP contribution in [0.15, 0.2) is 76.1 Å². The number of rotatable bonds is 11. The summed E-state index contributed by atoms with van der Waals surface area (Å²) in [6.07, 6.45) is 8.21. The van der Waals surface area contributed by atoms with Crippen LogP contribution in [0.3, 0.4) is 0 Å². The Hall–Kier alpha value is -3.79. The van der Waals surface area contributed by atoms with Crippen molar-refractivity contribution in [2.45, 2.75) is 39.7 Å². The number of aldehydes is 1. The Labute approximate surface area is 218 Å². The zero-order valence-electron chi connectivity index (χ0n) is 22.3. The predicted octanol–water partition coefficient (Wildman–Crippen LogP) is 3.45. The molecule has 0 bridgehead atoms. The van der Waals surface area contributed by atoms with Crippen LogP contribution in [0.25, 0.3) is 0 Å². The molecule has 1 atom stereocenters. The minimum Gasteiger partial charge on any atom is -0.510 e. The lowest BCUT2D eigenvalue weighted by Gasteiger charge is -2.20. The third-order valence-corrected chi connectivity index (χ3v) is 5.08. The number of hydrogen-bond donors (Lipinski definition) is 3. The van der Waals surface area contributed by atoms with Gasteiger partial charge in [-0.1, -0.05) is 25.3 Å². The quantitative estimate of drug-likeness (QED) is 0.127. The van der Waals surface area contributed by atoms with Crippen molar-refractivity contribution >= 4 is 24.8 Å². The first kappa shape index (κ1) is 33.2. The van der Waals surface area contributed by atoms with Gasteiger partial charge in [0.25, 0.3) is 0 Å². The maximum absolute atomic E-state index is 13.2. The van der Waals surface area contributed by atoms with Gasteiger partial charge in [-0.05, 0) is 39.5 Å². The molecule has 0 spiro atoms. The molecule has 204 valence electrons. The molecule has 2 amide bonds. The number of aliphatic hydroxyl groups excluding tert-OH is 1. The zero-order chi connectivity index (χ0) is 28.4. The first-order valence-electron chi connectivity index (χ1n) is 11.7. The van der Waals surface area contributed by atoms with Gasteiger partial charge in [-0.3, -0.25) is 14.6 Å². The second-order valence-electron chi connectivity index (χ2n) is 8.04. The number of likely N-dealkylation sites (N-methyl/N-ethyl adjacent to an activating group) is 2. The number of carbonyl (C=O) groups excluding carboxylic acids is 3. The van der Waals surface area contributed by atoms with E-state index in [1.807, 2.05) is 6.92 Å². The molecule has 10 heteroatoms. The van der Waals surface area contributed by atoms with Crippen LogP contribution in [0.4, 0.5) is 4.39 Å². The van der Waals surface area contributed by atoms with E-state index in [0.29, 0.717) is 48.5 Å². The number of halogens is 1. The molecule has 1 heterocycles. The molecular formula is C27H39FN4O5. The van der Waals surface area contributed by atoms with Gasteiger partial charge < -0.3 is 30.2 Å². The molecule has 1 aliphatic heterocycles. The van der Waals surface area contributed by atoms with E-state index < -0.39 is 5.91 Å². The summed E-state index contributed by atoms with van der Waals surface area (Å²) in [7, 11) is 3.20. The van der Waals surface area contributed by atoms with Crippen molar-refractivity contribution in [1.29, 1.82) is 0 Å². The highest BCUT2D eigenvalue weighted by Crippen LogP contribution is 2.27. The summed E-state index contributed by atoms with van der Waals surface area (Å²) in [6, 6.07) is 0. The molecule has 0 aromatic rings. The summed E-state index contributed by atoms with van der Waals surface area (Å²) < 4.78 is 19.3. The van der Waals surface area contributed by atoms with E-state index in [-0.39, 0.29) is 36.2 Å². The molecule has 0 aromatic heterocycles. The summed E-state index contributed by atoms with van der Waals surface area (Å²) in [6.45, 7) is 13.3. The highest BCUT2D eigenvalue weighted by molar-refractivity contribution is 5.93. The van der Waals surface area contributed by atoms with Crippen LogP contribution in [-0.4, -0.2) is 74.7 Å². The molecule has 0 radical (unpaired) electrons. The van der Waals surface area contributed by atoms with Crippen molar-refractivity contribution in [2.24, 2.45) is 4.99 Å². The van der Waals surface area contributed by atoms with Gasteiger partial charge in [-0.2, -0.15) is 0 Å². The average molecular weight is 519 g/mol. The number of nitrogens with one attached hydrogen (secondary N) is 2. The maximum Gasteiger partial charge on any atom is 0.250 e. The number of nitrogens with zero attached hydrogens (tertiary/aromatic N) is 2. The van der Waals surface area contributed by atoms with Gasteiger partial charge >= 0.3 is 0 Å². The Morgan fingerprint density at radius 2 is 1.97 bits per heavy atom. The normalized spacial score (nSPS) is 18.6. The number of carbonyl (C=O) groups is 3. The molecule has 1 saturated heterocycles. The lowest BCUT2D eigenvalue weighted by molar-refractivity contribution is -0.117. The number of aliphatic imine (C=N–C) groups is 1. The minimum absolute atomic E-state index is 0.133. The van der Waals surface area contributed by atoms with Crippen LogP contribution in [0.2, 0.25) is 0 Å². The van der Waals surface area contributed by atoms with Gasteiger partial charge in [0.1, 0.15) is 17.8 Å². The second-order valence-corrected chi connectivity index (χ2v) is 8.04. The Balaban J connectivity index is 0.00000235. The van der Waals surface area contributed by atoms with Crippen molar-refractivity contribution in [1.82, 2.24) is 15.5 Å². The molecule has 0 aromatic carbocycles. The largest absolute Gasteiger partial charge is 0.510 e. The Kier molecular flexibility index (Phi) is 16.6. The van der Waals surface area contributed by atoms with E-state index in [0.717, 1.165) is 6.29 Å². The highest BCUT2D eigenvalue weighted by atomic mass is 19.1. The molecule has 3 N–H and O–H groups in total. The number of allylic oxidation sites excluding steroid dienone is 6. The summed E-state index contributed by atoms with van der Waals surface area (Å²) >= 11 is 0. The first-order valence-corrected chi connectivity index (χ1v) is 11.7. The fourth-order valence-electron chi connectivity index (χ4n) is 2.88. The zero-order valence-corrected chi connectivity index (χ0v) is 22.3. The van der Waals surface area contributed by atoms with Crippen molar-refractivity contribution in [3.63, 3.8) is 0 Å². The van der Waals surface area contributed by atoms with E-state index >= 15 is 0 Å². The molecule has 37 heavy (non-hydrogen) atoms. The van der Waals surface area contributed by atoms with Gasteiger partial charge in [0.05, 0.1) is 36.3 Å². The molecular weight excluding hydrogens is 479 g/mol. The molecule has 0 aliphatic carbocycles. The first-order chi connectivity index (χ1) is 17.6. The summed E-state index contributed by atoms with van der Waals surface area (Å²) in [5.74, 6) is -0.560. The molecule has 1 fully saturated rings. The monoisotopic (exact) mass is 518 g/mol. The van der Waals surface area contributed by atoms with Crippen LogP contribution in [0.5, 0.6) is 0 Å². The number of ether oxygens (including phenoxy) is 1. The van der Waals surface area contributed by atoms with Crippen molar-refractivity contribution in [3.8, 4) is 0 Å². The summed E-state index contributed by atoms with van der Waals surface area (Å²) in [5.41, 5.74) is 1.79. The molecule has 9 nitrogen and oxygen atoms in total. The Bertz CT molecular complexity index is 975. The van der Waals surface area contributed by atoms with E-state index in [9.17, 15) is 23.9 Å². The molecule has 1 unspecified atom stereocenters. The lowest BCUT2D eigenvalue weighted by Crippen LogP contribution is -2.22. The van der Waals surface area contributed by atoms with E-state index in [1.54, 1.807) is 19.2 Å². The summed E-state index contributed by atoms with van der Waals surface area (Å²) in [5, 5.41) is 15.2. The molecule has 1 rings (SSSR count). The molecule has 0 saturated carbocycles. The van der Waals surface area contributed by atoms with E-state index in [4.69, 9.17) is 4.74 Å². The lowest BCUT2D eigenvalue weighted by atomic mass is 10.0. The minimum atomic E-state index is -0.405. The van der Waals surface area contributed by atoms with Gasteiger partial charge in [-0.15, -0.1) is 0 Å². The molecule has 1 aliphatic rings. The van der Waals surface area contributed by atoms with Gasteiger partial charge in [-0.25, -0.2) is 4.39 Å². The van der Waals surface area contributed by atoms with Gasteiger partial charge in [0.2, 0.25) is 12.3 Å². The smallest absolute Gasteiger partial charge is 0.250 e. The van der Waals surface area contributed by atoms with Crippen LogP contribution in [0.1, 0.15) is 33.6 Å². The summed E-state index contributed by atoms with van der Waals surface area (Å²) in [4.78, 5) is 38.3. The Morgan fingerprint density at radius 1 is 1.30 bits per heavy atom. The van der Waals surface area contributed by atoms with Crippen LogP contribution < -0.4 is 10.6 Å². The van der Waals surface area contributed by atoms with Crippen LogP contribution >= 0.6 is 0 Å². The fourth-order valence-corrected chi connectivity index (χ4v) is 2.88. The van der Waals surface area contributed by atoms with Crippen molar-refractivity contribution in [2.75, 3.05) is 33.7 Å². The topological polar surface area (TPSA) is 120 Å². The average Bonchev–Trinajstić information content (AvgIpc) is 3.02. The SMILES string of the molecule is C=C/C(=C\C=C(/C)F)C/C(C=NC/C(O)=C(\C)C(=O)NC)=C1\OC(C)CCN(C=O)C1=C.CNCC=O. The third kappa shape index (κ3) is 12.6.